The van der Waals surface area contributed by atoms with Gasteiger partial charge in [0.05, 0.1) is 11.4 Å². The molecule has 1 saturated heterocycles. The van der Waals surface area contributed by atoms with Crippen LogP contribution in [0.15, 0.2) is 48.7 Å². The summed E-state index contributed by atoms with van der Waals surface area (Å²) >= 11 is 0. The number of hydrogen-bond donors (Lipinski definition) is 0. The van der Waals surface area contributed by atoms with Gasteiger partial charge in [-0.05, 0) is 43.4 Å². The lowest BCUT2D eigenvalue weighted by Crippen LogP contribution is -2.20. The molecule has 2 aromatic rings. The molecule has 1 aromatic heterocycles. The highest BCUT2D eigenvalue weighted by Gasteiger charge is 2.15. The molecule has 0 atom stereocenters. The van der Waals surface area contributed by atoms with E-state index in [2.05, 4.69) is 52.3 Å². The van der Waals surface area contributed by atoms with Crippen LogP contribution >= 0.6 is 0 Å². The smallest absolute Gasteiger partial charge is 0.0639 e. The van der Waals surface area contributed by atoms with Crippen molar-refractivity contribution in [1.82, 2.24) is 4.98 Å². The van der Waals surface area contributed by atoms with Crippen LogP contribution in [-0.4, -0.2) is 18.1 Å². The summed E-state index contributed by atoms with van der Waals surface area (Å²) in [6.45, 7) is 2.37. The molecule has 2 nitrogen and oxygen atoms in total. The molecule has 1 aliphatic rings. The van der Waals surface area contributed by atoms with Crippen molar-refractivity contribution in [3.8, 4) is 0 Å². The number of pyridine rings is 1. The molecule has 98 valence electrons. The third-order valence-electron chi connectivity index (χ3n) is 3.81. The van der Waals surface area contributed by atoms with Gasteiger partial charge in [0.2, 0.25) is 0 Å². The van der Waals surface area contributed by atoms with Gasteiger partial charge >= 0.3 is 0 Å². The molecular formula is C17H20N2. The van der Waals surface area contributed by atoms with Crippen LogP contribution in [0.5, 0.6) is 0 Å². The molecule has 0 unspecified atom stereocenters. The first kappa shape index (κ1) is 12.2. The van der Waals surface area contributed by atoms with E-state index in [4.69, 9.17) is 0 Å². The summed E-state index contributed by atoms with van der Waals surface area (Å²) in [5.74, 6) is 0. The van der Waals surface area contributed by atoms with Gasteiger partial charge in [-0.3, -0.25) is 4.98 Å². The molecular weight excluding hydrogens is 232 g/mol. The van der Waals surface area contributed by atoms with Crippen LogP contribution in [0.3, 0.4) is 0 Å². The molecule has 0 amide bonds. The van der Waals surface area contributed by atoms with Gasteiger partial charge in [0.1, 0.15) is 0 Å². The average Bonchev–Trinajstić information content (AvgIpc) is 3.01. The van der Waals surface area contributed by atoms with E-state index >= 15 is 0 Å². The number of rotatable bonds is 4. The lowest BCUT2D eigenvalue weighted by atomic mass is 10.1. The lowest BCUT2D eigenvalue weighted by molar-refractivity contribution is 0.877. The standard InChI is InChI=1S/C17H20N2/c1-2-7-15(8-3-1)10-11-16-17(9-6-12-18-16)19-13-4-5-14-19/h1-3,6-9,12H,4-5,10-11,13-14H2. The maximum Gasteiger partial charge on any atom is 0.0639 e. The molecule has 2 heterocycles. The third-order valence-corrected chi connectivity index (χ3v) is 3.81. The van der Waals surface area contributed by atoms with Crippen molar-refractivity contribution < 1.29 is 0 Å². The largest absolute Gasteiger partial charge is 0.370 e. The minimum absolute atomic E-state index is 1.02. The predicted octanol–water partition coefficient (Wildman–Crippen LogP) is 3.47. The monoisotopic (exact) mass is 252 g/mol. The summed E-state index contributed by atoms with van der Waals surface area (Å²) < 4.78 is 0. The Kier molecular flexibility index (Phi) is 3.78. The summed E-state index contributed by atoms with van der Waals surface area (Å²) in [4.78, 5) is 7.08. The molecule has 3 rings (SSSR count). The van der Waals surface area contributed by atoms with Crippen molar-refractivity contribution in [1.29, 1.82) is 0 Å². The molecule has 2 heteroatoms. The van der Waals surface area contributed by atoms with Crippen LogP contribution in [0.25, 0.3) is 0 Å². The summed E-state index contributed by atoms with van der Waals surface area (Å²) in [5.41, 5.74) is 3.98. The van der Waals surface area contributed by atoms with Crippen molar-refractivity contribution in [3.05, 3.63) is 59.9 Å². The second-order valence-corrected chi connectivity index (χ2v) is 5.15. The zero-order chi connectivity index (χ0) is 12.9. The van der Waals surface area contributed by atoms with Gasteiger partial charge < -0.3 is 4.90 Å². The fourth-order valence-electron chi connectivity index (χ4n) is 2.78. The number of benzene rings is 1. The molecule has 0 aliphatic carbocycles. The highest BCUT2D eigenvalue weighted by Crippen LogP contribution is 2.23. The van der Waals surface area contributed by atoms with Crippen LogP contribution < -0.4 is 4.90 Å². The topological polar surface area (TPSA) is 16.1 Å². The van der Waals surface area contributed by atoms with E-state index < -0.39 is 0 Å². The summed E-state index contributed by atoms with van der Waals surface area (Å²) in [5, 5.41) is 0. The summed E-state index contributed by atoms with van der Waals surface area (Å²) in [7, 11) is 0. The molecule has 0 bridgehead atoms. The molecule has 1 aliphatic heterocycles. The Hall–Kier alpha value is -1.83. The number of nitrogens with zero attached hydrogens (tertiary/aromatic N) is 2. The predicted molar refractivity (Wildman–Crippen MR) is 79.5 cm³/mol. The summed E-state index contributed by atoms with van der Waals surface area (Å²) in [6.07, 6.45) is 6.63. The maximum atomic E-state index is 4.60. The molecule has 0 N–H and O–H groups in total. The third kappa shape index (κ3) is 2.95. The highest BCUT2D eigenvalue weighted by molar-refractivity contribution is 5.51. The van der Waals surface area contributed by atoms with Gasteiger partial charge in [-0.25, -0.2) is 0 Å². The highest BCUT2D eigenvalue weighted by atomic mass is 15.1. The van der Waals surface area contributed by atoms with E-state index in [9.17, 15) is 0 Å². The minimum atomic E-state index is 1.02. The van der Waals surface area contributed by atoms with Crippen molar-refractivity contribution >= 4 is 5.69 Å². The number of aryl methyl sites for hydroxylation is 2. The minimum Gasteiger partial charge on any atom is -0.370 e. The first-order valence-corrected chi connectivity index (χ1v) is 7.16. The van der Waals surface area contributed by atoms with Gasteiger partial charge in [0.15, 0.2) is 0 Å². The zero-order valence-corrected chi connectivity index (χ0v) is 11.3. The molecule has 1 aromatic carbocycles. The number of anilines is 1. The normalized spacial score (nSPS) is 14.8. The molecule has 19 heavy (non-hydrogen) atoms. The van der Waals surface area contributed by atoms with Crippen molar-refractivity contribution in [2.24, 2.45) is 0 Å². The van der Waals surface area contributed by atoms with Gasteiger partial charge in [0, 0.05) is 19.3 Å². The van der Waals surface area contributed by atoms with Crippen molar-refractivity contribution in [2.75, 3.05) is 18.0 Å². The fourth-order valence-corrected chi connectivity index (χ4v) is 2.78. The second-order valence-electron chi connectivity index (χ2n) is 5.15. The Morgan fingerprint density at radius 3 is 2.47 bits per heavy atom. The van der Waals surface area contributed by atoms with Gasteiger partial charge in [-0.2, -0.15) is 0 Å². The van der Waals surface area contributed by atoms with Gasteiger partial charge in [0.25, 0.3) is 0 Å². The Morgan fingerprint density at radius 1 is 0.895 bits per heavy atom. The van der Waals surface area contributed by atoms with Crippen molar-refractivity contribution in [2.45, 2.75) is 25.7 Å². The van der Waals surface area contributed by atoms with Gasteiger partial charge in [-0.1, -0.05) is 30.3 Å². The van der Waals surface area contributed by atoms with Crippen LogP contribution in [0, 0.1) is 0 Å². The Morgan fingerprint density at radius 2 is 1.68 bits per heavy atom. The van der Waals surface area contributed by atoms with E-state index in [1.807, 2.05) is 6.20 Å². The number of hydrogen-bond acceptors (Lipinski definition) is 2. The maximum absolute atomic E-state index is 4.60. The first-order valence-electron chi connectivity index (χ1n) is 7.16. The van der Waals surface area contributed by atoms with E-state index in [1.54, 1.807) is 0 Å². The average molecular weight is 252 g/mol. The van der Waals surface area contributed by atoms with E-state index in [1.165, 1.54) is 42.9 Å². The molecule has 0 radical (unpaired) electrons. The molecule has 1 fully saturated rings. The van der Waals surface area contributed by atoms with Crippen LogP contribution in [-0.2, 0) is 12.8 Å². The molecule has 0 spiro atoms. The first-order chi connectivity index (χ1) is 9.43. The quantitative estimate of drug-likeness (QED) is 0.828. The molecule has 0 saturated carbocycles. The SMILES string of the molecule is c1ccc(CCc2ncccc2N2CCCC2)cc1. The van der Waals surface area contributed by atoms with E-state index in [0.717, 1.165) is 12.8 Å². The summed E-state index contributed by atoms with van der Waals surface area (Å²) in [6, 6.07) is 14.9. The van der Waals surface area contributed by atoms with E-state index in [-0.39, 0.29) is 0 Å². The van der Waals surface area contributed by atoms with E-state index in [0.29, 0.717) is 0 Å². The lowest BCUT2D eigenvalue weighted by Gasteiger charge is -2.20. The van der Waals surface area contributed by atoms with Gasteiger partial charge in [-0.15, -0.1) is 0 Å². The zero-order valence-electron chi connectivity index (χ0n) is 11.3. The Bertz CT molecular complexity index is 516. The number of aromatic nitrogens is 1. The van der Waals surface area contributed by atoms with Crippen LogP contribution in [0.2, 0.25) is 0 Å². The van der Waals surface area contributed by atoms with Crippen LogP contribution in [0.1, 0.15) is 24.1 Å². The Labute approximate surface area is 115 Å². The fraction of sp³-hybridized carbons (Fsp3) is 0.353. The second kappa shape index (κ2) is 5.87. The van der Waals surface area contributed by atoms with Crippen LogP contribution in [0.4, 0.5) is 5.69 Å². The Balaban J connectivity index is 1.73. The van der Waals surface area contributed by atoms with Crippen molar-refractivity contribution in [3.63, 3.8) is 0 Å².